The van der Waals surface area contributed by atoms with E-state index in [1.807, 2.05) is 13.1 Å². The van der Waals surface area contributed by atoms with Gasteiger partial charge in [-0.15, -0.1) is 11.3 Å². The maximum Gasteiger partial charge on any atom is 0.141 e. The lowest BCUT2D eigenvalue weighted by molar-refractivity contribution is 0.416. The van der Waals surface area contributed by atoms with Crippen LogP contribution in [-0.2, 0) is 6.54 Å². The van der Waals surface area contributed by atoms with Crippen LogP contribution >= 0.6 is 11.3 Å². The van der Waals surface area contributed by atoms with Crippen LogP contribution in [0.3, 0.4) is 0 Å². The molecule has 0 atom stereocenters. The molecule has 3 heteroatoms. The summed E-state index contributed by atoms with van der Waals surface area (Å²) in [5.41, 5.74) is 0. The number of hydrogen-bond acceptors (Lipinski definition) is 3. The minimum Gasteiger partial charge on any atom is -0.495 e. The lowest BCUT2D eigenvalue weighted by atomic mass is 10.2. The second-order valence-corrected chi connectivity index (χ2v) is 4.22. The SMILES string of the molecule is CNCc1sc2ccccc2c1OC. The molecule has 0 saturated carbocycles. The molecule has 0 fully saturated rings. The van der Waals surface area contributed by atoms with Crippen molar-refractivity contribution in [2.75, 3.05) is 14.2 Å². The molecule has 0 saturated heterocycles. The normalized spacial score (nSPS) is 10.7. The van der Waals surface area contributed by atoms with Crippen LogP contribution in [-0.4, -0.2) is 14.2 Å². The van der Waals surface area contributed by atoms with Gasteiger partial charge in [-0.2, -0.15) is 0 Å². The first-order chi connectivity index (χ1) is 6.86. The van der Waals surface area contributed by atoms with Gasteiger partial charge in [-0.3, -0.25) is 0 Å². The fourth-order valence-corrected chi connectivity index (χ4v) is 2.76. The maximum atomic E-state index is 5.42. The summed E-state index contributed by atoms with van der Waals surface area (Å²) in [6, 6.07) is 8.33. The van der Waals surface area contributed by atoms with Crippen molar-refractivity contribution in [1.29, 1.82) is 0 Å². The largest absolute Gasteiger partial charge is 0.495 e. The first-order valence-electron chi connectivity index (χ1n) is 4.56. The van der Waals surface area contributed by atoms with Crippen LogP contribution in [0.5, 0.6) is 5.75 Å². The Morgan fingerprint density at radius 3 is 2.86 bits per heavy atom. The van der Waals surface area contributed by atoms with Crippen molar-refractivity contribution in [2.24, 2.45) is 0 Å². The van der Waals surface area contributed by atoms with Crippen LogP contribution in [0.25, 0.3) is 10.1 Å². The average molecular weight is 207 g/mol. The number of fused-ring (bicyclic) bond motifs is 1. The summed E-state index contributed by atoms with van der Waals surface area (Å²) in [5.74, 6) is 1.01. The van der Waals surface area contributed by atoms with Gasteiger partial charge >= 0.3 is 0 Å². The van der Waals surface area contributed by atoms with E-state index in [1.54, 1.807) is 18.4 Å². The number of thiophene rings is 1. The van der Waals surface area contributed by atoms with Gasteiger partial charge in [-0.1, -0.05) is 12.1 Å². The van der Waals surface area contributed by atoms with Gasteiger partial charge < -0.3 is 10.1 Å². The number of hydrogen-bond donors (Lipinski definition) is 1. The van der Waals surface area contributed by atoms with Crippen molar-refractivity contribution in [2.45, 2.75) is 6.54 Å². The summed E-state index contributed by atoms with van der Waals surface area (Å²) < 4.78 is 6.71. The highest BCUT2D eigenvalue weighted by molar-refractivity contribution is 7.19. The lowest BCUT2D eigenvalue weighted by Crippen LogP contribution is -2.04. The Bertz CT molecular complexity index is 436. The van der Waals surface area contributed by atoms with Gasteiger partial charge in [0.1, 0.15) is 5.75 Å². The Labute approximate surface area is 87.5 Å². The number of nitrogens with one attached hydrogen (secondary N) is 1. The molecular weight excluding hydrogens is 194 g/mol. The van der Waals surface area contributed by atoms with Crippen LogP contribution in [0.4, 0.5) is 0 Å². The van der Waals surface area contributed by atoms with E-state index in [0.717, 1.165) is 12.3 Å². The first-order valence-corrected chi connectivity index (χ1v) is 5.37. The van der Waals surface area contributed by atoms with Gasteiger partial charge in [-0.05, 0) is 19.2 Å². The number of ether oxygens (including phenoxy) is 1. The van der Waals surface area contributed by atoms with Gasteiger partial charge in [0.25, 0.3) is 0 Å². The molecule has 0 unspecified atom stereocenters. The van der Waals surface area contributed by atoms with Gasteiger partial charge in [-0.25, -0.2) is 0 Å². The van der Waals surface area contributed by atoms with Crippen molar-refractivity contribution in [1.82, 2.24) is 5.32 Å². The molecule has 1 heterocycles. The fraction of sp³-hybridized carbons (Fsp3) is 0.273. The molecule has 2 rings (SSSR count). The van der Waals surface area contributed by atoms with Crippen molar-refractivity contribution < 1.29 is 4.74 Å². The van der Waals surface area contributed by atoms with Crippen molar-refractivity contribution in [3.8, 4) is 5.75 Å². The van der Waals surface area contributed by atoms with E-state index in [2.05, 4.69) is 23.5 Å². The van der Waals surface area contributed by atoms with E-state index < -0.39 is 0 Å². The molecule has 2 aromatic rings. The predicted octanol–water partition coefficient (Wildman–Crippen LogP) is 2.63. The predicted molar refractivity (Wildman–Crippen MR) is 61.1 cm³/mol. The lowest BCUT2D eigenvalue weighted by Gasteiger charge is -2.01. The molecule has 74 valence electrons. The summed E-state index contributed by atoms with van der Waals surface area (Å²) in [6.45, 7) is 0.864. The molecule has 1 aromatic heterocycles. The smallest absolute Gasteiger partial charge is 0.141 e. The molecule has 0 radical (unpaired) electrons. The van der Waals surface area contributed by atoms with Crippen molar-refractivity contribution in [3.63, 3.8) is 0 Å². The average Bonchev–Trinajstić information content (AvgIpc) is 2.55. The molecule has 14 heavy (non-hydrogen) atoms. The summed E-state index contributed by atoms with van der Waals surface area (Å²) in [4.78, 5) is 1.26. The van der Waals surface area contributed by atoms with Crippen molar-refractivity contribution >= 4 is 21.4 Å². The van der Waals surface area contributed by atoms with E-state index in [9.17, 15) is 0 Å². The van der Waals surface area contributed by atoms with Gasteiger partial charge in [0, 0.05) is 16.6 Å². The first kappa shape index (κ1) is 9.49. The minimum absolute atomic E-state index is 0.864. The molecule has 1 N–H and O–H groups in total. The molecule has 0 bridgehead atoms. The second kappa shape index (κ2) is 3.98. The standard InChI is InChI=1S/C11H13NOS/c1-12-7-10-11(13-2)8-5-3-4-6-9(8)14-10/h3-6,12H,7H2,1-2H3. The third-order valence-corrected chi connectivity index (χ3v) is 3.31. The Morgan fingerprint density at radius 1 is 1.36 bits per heavy atom. The maximum absolute atomic E-state index is 5.42. The highest BCUT2D eigenvalue weighted by Crippen LogP contribution is 2.37. The van der Waals surface area contributed by atoms with Gasteiger partial charge in [0.2, 0.25) is 0 Å². The second-order valence-electron chi connectivity index (χ2n) is 3.08. The molecule has 0 amide bonds. The molecule has 2 nitrogen and oxygen atoms in total. The zero-order chi connectivity index (χ0) is 9.97. The fourth-order valence-electron chi connectivity index (χ4n) is 1.57. The summed E-state index contributed by atoms with van der Waals surface area (Å²) in [5, 5.41) is 4.36. The third-order valence-electron chi connectivity index (χ3n) is 2.16. The van der Waals surface area contributed by atoms with Crippen LogP contribution in [0.1, 0.15) is 4.88 Å². The van der Waals surface area contributed by atoms with E-state index in [4.69, 9.17) is 4.74 Å². The number of rotatable bonds is 3. The quantitative estimate of drug-likeness (QED) is 0.835. The molecule has 0 aliphatic carbocycles. The van der Waals surface area contributed by atoms with Gasteiger partial charge in [0.05, 0.1) is 12.0 Å². The molecule has 0 aliphatic heterocycles. The van der Waals surface area contributed by atoms with Crippen LogP contribution in [0.2, 0.25) is 0 Å². The summed E-state index contributed by atoms with van der Waals surface area (Å²) in [7, 11) is 3.68. The Morgan fingerprint density at radius 2 is 2.14 bits per heavy atom. The van der Waals surface area contributed by atoms with Crippen molar-refractivity contribution in [3.05, 3.63) is 29.1 Å². The number of methoxy groups -OCH3 is 1. The number of benzene rings is 1. The zero-order valence-corrected chi connectivity index (χ0v) is 9.15. The Balaban J connectivity index is 2.60. The molecular formula is C11H13NOS. The highest BCUT2D eigenvalue weighted by Gasteiger charge is 2.10. The van der Waals surface area contributed by atoms with Gasteiger partial charge in [0.15, 0.2) is 0 Å². The molecule has 1 aromatic carbocycles. The summed E-state index contributed by atoms with van der Waals surface area (Å²) >= 11 is 1.79. The molecule has 0 spiro atoms. The van der Waals surface area contributed by atoms with E-state index >= 15 is 0 Å². The van der Waals surface area contributed by atoms with E-state index in [-0.39, 0.29) is 0 Å². The monoisotopic (exact) mass is 207 g/mol. The zero-order valence-electron chi connectivity index (χ0n) is 8.33. The summed E-state index contributed by atoms with van der Waals surface area (Å²) in [6.07, 6.45) is 0. The van der Waals surface area contributed by atoms with E-state index in [0.29, 0.717) is 0 Å². The molecule has 0 aliphatic rings. The Hall–Kier alpha value is -1.06. The topological polar surface area (TPSA) is 21.3 Å². The Kier molecular flexibility index (Phi) is 2.70. The van der Waals surface area contributed by atoms with Crippen LogP contribution in [0.15, 0.2) is 24.3 Å². The third kappa shape index (κ3) is 1.49. The van der Waals surface area contributed by atoms with Crippen LogP contribution < -0.4 is 10.1 Å². The highest BCUT2D eigenvalue weighted by atomic mass is 32.1. The van der Waals surface area contributed by atoms with Crippen LogP contribution in [0, 0.1) is 0 Å². The minimum atomic E-state index is 0.864. The van der Waals surface area contributed by atoms with E-state index in [1.165, 1.54) is 15.0 Å².